The molecule has 0 unspecified atom stereocenters. The Morgan fingerprint density at radius 2 is 1.83 bits per heavy atom. The van der Waals surface area contributed by atoms with Crippen LogP contribution < -0.4 is 5.32 Å². The minimum atomic E-state index is -3.65. The largest absolute Gasteiger partial charge is 0.348 e. The van der Waals surface area contributed by atoms with Crippen LogP contribution in [0.2, 0.25) is 5.02 Å². The molecule has 1 aliphatic heterocycles. The number of halogens is 1. The number of nitro groups is 1. The minimum Gasteiger partial charge on any atom is -0.348 e. The summed E-state index contributed by atoms with van der Waals surface area (Å²) in [5.74, 6) is -0.546. The van der Waals surface area contributed by atoms with Crippen molar-refractivity contribution in [2.75, 3.05) is 13.1 Å². The van der Waals surface area contributed by atoms with Crippen molar-refractivity contribution in [1.29, 1.82) is 0 Å². The van der Waals surface area contributed by atoms with Crippen LogP contribution in [-0.4, -0.2) is 36.6 Å². The molecule has 1 fully saturated rings. The van der Waals surface area contributed by atoms with Crippen molar-refractivity contribution in [3.05, 3.63) is 68.7 Å². The first kappa shape index (κ1) is 21.2. The summed E-state index contributed by atoms with van der Waals surface area (Å²) in [4.78, 5) is 22.8. The second kappa shape index (κ2) is 8.89. The summed E-state index contributed by atoms with van der Waals surface area (Å²) < 4.78 is 27.5. The Hall–Kier alpha value is -2.49. The maximum Gasteiger partial charge on any atom is 0.270 e. The van der Waals surface area contributed by atoms with Crippen molar-refractivity contribution in [3.63, 3.8) is 0 Å². The van der Waals surface area contributed by atoms with Gasteiger partial charge in [0.15, 0.2) is 0 Å². The summed E-state index contributed by atoms with van der Waals surface area (Å²) >= 11 is 5.99. The molecular formula is C19H20ClN3O5S. The second-order valence-electron chi connectivity index (χ2n) is 6.68. The van der Waals surface area contributed by atoms with E-state index in [2.05, 4.69) is 5.32 Å². The third-order valence-corrected chi connectivity index (χ3v) is 7.06. The molecule has 2 aromatic carbocycles. The van der Waals surface area contributed by atoms with Gasteiger partial charge in [-0.3, -0.25) is 14.9 Å². The van der Waals surface area contributed by atoms with Gasteiger partial charge in [-0.05, 0) is 30.5 Å². The Morgan fingerprint density at radius 1 is 1.14 bits per heavy atom. The molecule has 0 atom stereocenters. The Labute approximate surface area is 173 Å². The van der Waals surface area contributed by atoms with Crippen LogP contribution in [0.5, 0.6) is 0 Å². The highest BCUT2D eigenvalue weighted by Gasteiger charge is 2.28. The van der Waals surface area contributed by atoms with Gasteiger partial charge in [0, 0.05) is 31.8 Å². The first-order chi connectivity index (χ1) is 13.8. The molecule has 29 heavy (non-hydrogen) atoms. The van der Waals surface area contributed by atoms with Gasteiger partial charge >= 0.3 is 0 Å². The van der Waals surface area contributed by atoms with Crippen LogP contribution in [0.25, 0.3) is 0 Å². The van der Waals surface area contributed by atoms with E-state index in [4.69, 9.17) is 11.6 Å². The number of hydrogen-bond acceptors (Lipinski definition) is 5. The molecule has 0 aromatic heterocycles. The highest BCUT2D eigenvalue weighted by atomic mass is 35.5. The molecule has 1 amide bonds. The van der Waals surface area contributed by atoms with Crippen molar-refractivity contribution >= 4 is 33.2 Å². The minimum absolute atomic E-state index is 0.0185. The Kier molecular flexibility index (Phi) is 6.51. The number of sulfonamides is 1. The van der Waals surface area contributed by atoms with Crippen molar-refractivity contribution in [2.45, 2.75) is 30.7 Å². The first-order valence-corrected chi connectivity index (χ1v) is 10.9. The fraction of sp³-hybridized carbons (Fsp3) is 0.316. The molecular weight excluding hydrogens is 418 g/mol. The van der Waals surface area contributed by atoms with Gasteiger partial charge < -0.3 is 5.32 Å². The van der Waals surface area contributed by atoms with Crippen LogP contribution >= 0.6 is 11.6 Å². The van der Waals surface area contributed by atoms with Crippen LogP contribution in [0.4, 0.5) is 5.69 Å². The molecule has 1 saturated heterocycles. The summed E-state index contributed by atoms with van der Waals surface area (Å²) in [6, 6.07) is 10.1. The summed E-state index contributed by atoms with van der Waals surface area (Å²) in [6.07, 6.45) is 2.67. The molecule has 1 heterocycles. The topological polar surface area (TPSA) is 110 Å². The lowest BCUT2D eigenvalue weighted by molar-refractivity contribution is -0.384. The van der Waals surface area contributed by atoms with E-state index in [1.807, 2.05) is 0 Å². The van der Waals surface area contributed by atoms with E-state index >= 15 is 0 Å². The maximum atomic E-state index is 13.0. The third kappa shape index (κ3) is 4.75. The predicted molar refractivity (Wildman–Crippen MR) is 108 cm³/mol. The number of nitrogens with zero attached hydrogens (tertiary/aromatic N) is 2. The van der Waals surface area contributed by atoms with Gasteiger partial charge in [0.1, 0.15) is 0 Å². The van der Waals surface area contributed by atoms with E-state index < -0.39 is 20.9 Å². The number of amides is 1. The number of nitro benzene ring substituents is 1. The van der Waals surface area contributed by atoms with Crippen LogP contribution in [0.15, 0.2) is 47.4 Å². The molecule has 0 saturated carbocycles. The van der Waals surface area contributed by atoms with Gasteiger partial charge in [0.05, 0.1) is 20.4 Å². The van der Waals surface area contributed by atoms with E-state index in [9.17, 15) is 23.3 Å². The monoisotopic (exact) mass is 437 g/mol. The normalized spacial score (nSPS) is 15.1. The lowest BCUT2D eigenvalue weighted by Crippen LogP contribution is -2.36. The Balaban J connectivity index is 1.78. The van der Waals surface area contributed by atoms with Crippen molar-refractivity contribution < 1.29 is 18.1 Å². The van der Waals surface area contributed by atoms with Crippen molar-refractivity contribution in [2.24, 2.45) is 0 Å². The van der Waals surface area contributed by atoms with Crippen LogP contribution in [-0.2, 0) is 16.6 Å². The Bertz CT molecular complexity index is 1040. The van der Waals surface area contributed by atoms with Crippen molar-refractivity contribution in [1.82, 2.24) is 9.62 Å². The molecule has 0 radical (unpaired) electrons. The van der Waals surface area contributed by atoms with Gasteiger partial charge in [-0.2, -0.15) is 4.31 Å². The van der Waals surface area contributed by atoms with Gasteiger partial charge in [-0.1, -0.05) is 36.2 Å². The maximum absolute atomic E-state index is 13.0. The molecule has 1 N–H and O–H groups in total. The molecule has 0 aliphatic carbocycles. The van der Waals surface area contributed by atoms with E-state index in [0.717, 1.165) is 25.3 Å². The zero-order valence-electron chi connectivity index (χ0n) is 15.5. The molecule has 2 aromatic rings. The molecule has 8 nitrogen and oxygen atoms in total. The van der Waals surface area contributed by atoms with E-state index in [0.29, 0.717) is 18.7 Å². The average molecular weight is 438 g/mol. The number of non-ortho nitro benzene ring substituents is 1. The van der Waals surface area contributed by atoms with E-state index in [-0.39, 0.29) is 27.7 Å². The zero-order valence-corrected chi connectivity index (χ0v) is 17.1. The fourth-order valence-electron chi connectivity index (χ4n) is 3.22. The smallest absolute Gasteiger partial charge is 0.270 e. The van der Waals surface area contributed by atoms with Crippen LogP contribution in [0, 0.1) is 10.1 Å². The number of hydrogen-bond donors (Lipinski definition) is 1. The van der Waals surface area contributed by atoms with E-state index in [1.165, 1.54) is 22.5 Å². The second-order valence-corrected chi connectivity index (χ2v) is 8.99. The number of piperidine rings is 1. The number of nitrogens with one attached hydrogen (secondary N) is 1. The molecule has 0 spiro atoms. The molecule has 1 aliphatic rings. The quantitative estimate of drug-likeness (QED) is 0.550. The fourth-order valence-corrected chi connectivity index (χ4v) is 5.22. The van der Waals surface area contributed by atoms with Gasteiger partial charge in [-0.25, -0.2) is 8.42 Å². The molecule has 3 rings (SSSR count). The van der Waals surface area contributed by atoms with Crippen LogP contribution in [0.1, 0.15) is 35.2 Å². The standard InChI is InChI=1S/C19H20ClN3O5S/c20-17-12-15(23(25)26)8-9-16(17)19(24)21-13-14-6-2-3-7-18(14)29(27,28)22-10-4-1-5-11-22/h2-3,6-9,12H,1,4-5,10-11,13H2,(H,21,24). The van der Waals surface area contributed by atoms with E-state index in [1.54, 1.807) is 18.2 Å². The summed E-state index contributed by atoms with van der Waals surface area (Å²) in [7, 11) is -3.65. The molecule has 154 valence electrons. The zero-order chi connectivity index (χ0) is 21.0. The SMILES string of the molecule is O=C(NCc1ccccc1S(=O)(=O)N1CCCCC1)c1ccc([N+](=O)[O-])cc1Cl. The Morgan fingerprint density at radius 3 is 2.48 bits per heavy atom. The highest BCUT2D eigenvalue weighted by Crippen LogP contribution is 2.25. The highest BCUT2D eigenvalue weighted by molar-refractivity contribution is 7.89. The lowest BCUT2D eigenvalue weighted by Gasteiger charge is -2.26. The van der Waals surface area contributed by atoms with Gasteiger partial charge in [-0.15, -0.1) is 0 Å². The molecule has 10 heteroatoms. The summed E-state index contributed by atoms with van der Waals surface area (Å²) in [5, 5.41) is 13.4. The third-order valence-electron chi connectivity index (χ3n) is 4.75. The number of benzene rings is 2. The number of carbonyl (C=O) groups excluding carboxylic acids is 1. The van der Waals surface area contributed by atoms with Crippen molar-refractivity contribution in [3.8, 4) is 0 Å². The molecule has 0 bridgehead atoms. The predicted octanol–water partition coefficient (Wildman–Crippen LogP) is 3.35. The first-order valence-electron chi connectivity index (χ1n) is 9.11. The van der Waals surface area contributed by atoms with Gasteiger partial charge in [0.2, 0.25) is 10.0 Å². The van der Waals surface area contributed by atoms with Gasteiger partial charge in [0.25, 0.3) is 11.6 Å². The summed E-state index contributed by atoms with van der Waals surface area (Å²) in [5.41, 5.74) is 0.322. The lowest BCUT2D eigenvalue weighted by atomic mass is 10.1. The van der Waals surface area contributed by atoms with Crippen LogP contribution in [0.3, 0.4) is 0 Å². The number of carbonyl (C=O) groups is 1. The average Bonchev–Trinajstić information content (AvgIpc) is 2.72. The number of rotatable bonds is 6. The summed E-state index contributed by atoms with van der Waals surface area (Å²) in [6.45, 7) is 0.957.